The van der Waals surface area contributed by atoms with Crippen molar-refractivity contribution in [1.29, 1.82) is 0 Å². The summed E-state index contributed by atoms with van der Waals surface area (Å²) in [5, 5.41) is 9.10. The smallest absolute Gasteiger partial charge is 0.394 e. The molecule has 0 bridgehead atoms. The van der Waals surface area contributed by atoms with Gasteiger partial charge in [-0.1, -0.05) is 32.0 Å². The Morgan fingerprint density at radius 1 is 1.23 bits per heavy atom. The number of carbonyl (C=O) groups excluding carboxylic acids is 1. The quantitative estimate of drug-likeness (QED) is 0.862. The lowest BCUT2D eigenvalue weighted by Gasteiger charge is -2.30. The summed E-state index contributed by atoms with van der Waals surface area (Å²) < 4.78 is 44.7. The summed E-state index contributed by atoms with van der Waals surface area (Å²) in [4.78, 5) is 25.1. The Labute approximate surface area is 149 Å². The number of ether oxygens (including phenoxy) is 1. The number of nitrogens with zero attached hydrogens (tertiary/aromatic N) is 1. The zero-order valence-corrected chi connectivity index (χ0v) is 14.8. The average Bonchev–Trinajstić information content (AvgIpc) is 3.00. The lowest BCUT2D eigenvalue weighted by molar-refractivity contribution is -0.188. The zero-order valence-electron chi connectivity index (χ0n) is 14.8. The van der Waals surface area contributed by atoms with Gasteiger partial charge in [0.05, 0.1) is 18.9 Å². The predicted octanol–water partition coefficient (Wildman–Crippen LogP) is 2.99. The highest BCUT2D eigenvalue weighted by molar-refractivity contribution is 5.84. The van der Waals surface area contributed by atoms with E-state index in [4.69, 9.17) is 9.84 Å². The highest BCUT2D eigenvalue weighted by Gasteiger charge is 2.54. The number of likely N-dealkylation sites (tertiary alicyclic amines) is 1. The van der Waals surface area contributed by atoms with Crippen molar-refractivity contribution in [1.82, 2.24) is 4.90 Å². The van der Waals surface area contributed by atoms with E-state index in [-0.39, 0.29) is 6.42 Å². The summed E-state index contributed by atoms with van der Waals surface area (Å²) in [6, 6.07) is 7.10. The van der Waals surface area contributed by atoms with Crippen LogP contribution in [0, 0.1) is 17.3 Å². The van der Waals surface area contributed by atoms with Gasteiger partial charge >= 0.3 is 12.1 Å². The first-order valence-corrected chi connectivity index (χ1v) is 8.18. The fraction of sp³-hybridized carbons (Fsp3) is 0.556. The van der Waals surface area contributed by atoms with Crippen LogP contribution in [0.15, 0.2) is 24.3 Å². The molecule has 2 atom stereocenters. The van der Waals surface area contributed by atoms with Crippen LogP contribution in [0.25, 0.3) is 0 Å². The molecule has 0 saturated carbocycles. The van der Waals surface area contributed by atoms with Gasteiger partial charge in [-0.25, -0.2) is 0 Å². The normalized spacial score (nSPS) is 20.9. The van der Waals surface area contributed by atoms with Gasteiger partial charge in [0, 0.05) is 18.5 Å². The number of alkyl halides is 3. The van der Waals surface area contributed by atoms with Crippen molar-refractivity contribution in [3.05, 3.63) is 29.8 Å². The maximum absolute atomic E-state index is 13.1. The summed E-state index contributed by atoms with van der Waals surface area (Å²) in [6.45, 7) is 2.21. The second-order valence-electron chi connectivity index (χ2n) is 7.18. The van der Waals surface area contributed by atoms with Gasteiger partial charge in [-0.3, -0.25) is 9.59 Å². The number of methoxy groups -OCH3 is 1. The summed E-state index contributed by atoms with van der Waals surface area (Å²) in [5.74, 6) is -5.13. The van der Waals surface area contributed by atoms with E-state index in [1.165, 1.54) is 7.11 Å². The standard InChI is InChI=1S/C18H22F3NO4/c1-17(2,8-11-6-4-5-7-14(11)26-3)16(25)22-9-12(15(23)24)13(10-22)18(19,20)21/h4-7,12-13H,8-10H2,1-3H3,(H,23,24)/t12-,13-/m1/s1. The molecular formula is C18H22F3NO4. The molecule has 2 rings (SSSR count). The van der Waals surface area contributed by atoms with Crippen molar-refractivity contribution >= 4 is 11.9 Å². The number of aliphatic carboxylic acids is 1. The van der Waals surface area contributed by atoms with Gasteiger partial charge in [0.1, 0.15) is 5.75 Å². The fourth-order valence-corrected chi connectivity index (χ4v) is 3.38. The number of hydrogen-bond acceptors (Lipinski definition) is 3. The minimum absolute atomic E-state index is 0.265. The molecule has 0 radical (unpaired) electrons. The molecule has 0 unspecified atom stereocenters. The van der Waals surface area contributed by atoms with Crippen LogP contribution in [0.2, 0.25) is 0 Å². The minimum atomic E-state index is -4.66. The van der Waals surface area contributed by atoms with E-state index in [1.807, 2.05) is 0 Å². The third-order valence-electron chi connectivity index (χ3n) is 4.75. The van der Waals surface area contributed by atoms with Crippen LogP contribution in [-0.4, -0.2) is 48.3 Å². The Balaban J connectivity index is 2.20. The van der Waals surface area contributed by atoms with Crippen LogP contribution in [0.4, 0.5) is 13.2 Å². The predicted molar refractivity (Wildman–Crippen MR) is 87.7 cm³/mol. The molecule has 1 aromatic rings. The second-order valence-corrected chi connectivity index (χ2v) is 7.18. The molecule has 26 heavy (non-hydrogen) atoms. The van der Waals surface area contributed by atoms with Crippen LogP contribution in [0.5, 0.6) is 5.75 Å². The maximum atomic E-state index is 13.1. The summed E-state index contributed by atoms with van der Waals surface area (Å²) in [5.41, 5.74) is -0.243. The minimum Gasteiger partial charge on any atom is -0.496 e. The van der Waals surface area contributed by atoms with E-state index in [9.17, 15) is 22.8 Å². The van der Waals surface area contributed by atoms with Crippen LogP contribution in [0.3, 0.4) is 0 Å². The SMILES string of the molecule is COc1ccccc1CC(C)(C)C(=O)N1C[C@@H](C(F)(F)F)[C@H](C(=O)O)C1. The molecule has 1 fully saturated rings. The van der Waals surface area contributed by atoms with E-state index in [1.54, 1.807) is 38.1 Å². The summed E-state index contributed by atoms with van der Waals surface area (Å²) in [7, 11) is 1.50. The largest absolute Gasteiger partial charge is 0.496 e. The van der Waals surface area contributed by atoms with Gasteiger partial charge in [-0.15, -0.1) is 0 Å². The summed E-state index contributed by atoms with van der Waals surface area (Å²) >= 11 is 0. The zero-order chi connectivity index (χ0) is 19.7. The third kappa shape index (κ3) is 4.11. The molecule has 8 heteroatoms. The van der Waals surface area contributed by atoms with Crippen molar-refractivity contribution in [2.75, 3.05) is 20.2 Å². The molecule has 5 nitrogen and oxygen atoms in total. The van der Waals surface area contributed by atoms with E-state index in [0.717, 1.165) is 10.5 Å². The van der Waals surface area contributed by atoms with Crippen LogP contribution in [0.1, 0.15) is 19.4 Å². The topological polar surface area (TPSA) is 66.8 Å². The van der Waals surface area contributed by atoms with Gasteiger partial charge in [0.15, 0.2) is 0 Å². The second kappa shape index (κ2) is 7.17. The van der Waals surface area contributed by atoms with Gasteiger partial charge < -0.3 is 14.7 Å². The van der Waals surface area contributed by atoms with Gasteiger partial charge in [-0.2, -0.15) is 13.2 Å². The molecule has 1 aliphatic heterocycles. The lowest BCUT2D eigenvalue weighted by Crippen LogP contribution is -2.41. The van der Waals surface area contributed by atoms with Gasteiger partial charge in [0.25, 0.3) is 0 Å². The van der Waals surface area contributed by atoms with E-state index >= 15 is 0 Å². The number of rotatable bonds is 5. The molecule has 0 spiro atoms. The fourth-order valence-electron chi connectivity index (χ4n) is 3.38. The Bertz CT molecular complexity index is 687. The van der Waals surface area contributed by atoms with Crippen molar-refractivity contribution < 1.29 is 32.6 Å². The Hall–Kier alpha value is -2.25. The molecule has 1 N–H and O–H groups in total. The molecule has 1 aliphatic rings. The van der Waals surface area contributed by atoms with Crippen molar-refractivity contribution in [3.63, 3.8) is 0 Å². The Morgan fingerprint density at radius 2 is 1.85 bits per heavy atom. The Kier molecular flexibility index (Phi) is 5.53. The number of carboxylic acids is 1. The number of amides is 1. The monoisotopic (exact) mass is 373 g/mol. The van der Waals surface area contributed by atoms with Crippen LogP contribution >= 0.6 is 0 Å². The van der Waals surface area contributed by atoms with Crippen molar-refractivity contribution in [3.8, 4) is 5.75 Å². The average molecular weight is 373 g/mol. The molecule has 1 heterocycles. The van der Waals surface area contributed by atoms with E-state index in [2.05, 4.69) is 0 Å². The number of carbonyl (C=O) groups is 2. The van der Waals surface area contributed by atoms with Crippen LogP contribution < -0.4 is 4.74 Å². The number of benzene rings is 1. The number of halogens is 3. The number of hydrogen-bond donors (Lipinski definition) is 1. The molecule has 0 aliphatic carbocycles. The number of para-hydroxylation sites is 1. The van der Waals surface area contributed by atoms with E-state index in [0.29, 0.717) is 5.75 Å². The maximum Gasteiger partial charge on any atom is 0.394 e. The van der Waals surface area contributed by atoms with E-state index < -0.39 is 48.4 Å². The van der Waals surface area contributed by atoms with Gasteiger partial charge in [-0.05, 0) is 18.1 Å². The molecule has 1 aromatic carbocycles. The highest BCUT2D eigenvalue weighted by atomic mass is 19.4. The van der Waals surface area contributed by atoms with Crippen molar-refractivity contribution in [2.45, 2.75) is 26.4 Å². The highest BCUT2D eigenvalue weighted by Crippen LogP contribution is 2.39. The molecule has 144 valence electrons. The first kappa shape index (κ1) is 20.1. The summed E-state index contributed by atoms with van der Waals surface area (Å²) in [6.07, 6.45) is -4.40. The van der Waals surface area contributed by atoms with Gasteiger partial charge in [0.2, 0.25) is 5.91 Å². The molecule has 1 saturated heterocycles. The molecule has 1 amide bonds. The molecule has 0 aromatic heterocycles. The molecular weight excluding hydrogens is 351 g/mol. The Morgan fingerprint density at radius 3 is 2.35 bits per heavy atom. The first-order chi connectivity index (χ1) is 12.0. The van der Waals surface area contributed by atoms with Crippen LogP contribution in [-0.2, 0) is 16.0 Å². The third-order valence-corrected chi connectivity index (χ3v) is 4.75. The number of carboxylic acid groups (broad SMARTS) is 1. The first-order valence-electron chi connectivity index (χ1n) is 8.18. The lowest BCUT2D eigenvalue weighted by atomic mass is 9.84. The van der Waals surface area contributed by atoms with Crippen molar-refractivity contribution in [2.24, 2.45) is 17.3 Å².